The molecule has 0 aliphatic heterocycles. The van der Waals surface area contributed by atoms with Gasteiger partial charge in [-0.2, -0.15) is 0 Å². The van der Waals surface area contributed by atoms with E-state index in [0.29, 0.717) is 12.2 Å². The van der Waals surface area contributed by atoms with Gasteiger partial charge in [0.05, 0.1) is 0 Å². The van der Waals surface area contributed by atoms with Gasteiger partial charge in [-0.05, 0) is 38.5 Å². The molecule has 18 heavy (non-hydrogen) atoms. The number of carbonyl (C=O) groups excluding carboxylic acids is 1. The van der Waals surface area contributed by atoms with Crippen molar-refractivity contribution in [1.29, 1.82) is 0 Å². The molecule has 0 saturated heterocycles. The maximum atomic E-state index is 11.7. The minimum atomic E-state index is 0.106. The van der Waals surface area contributed by atoms with Crippen LogP contribution < -0.4 is 4.90 Å². The number of hydrogen-bond donors (Lipinski definition) is 0. The van der Waals surface area contributed by atoms with E-state index in [-0.39, 0.29) is 11.5 Å². The van der Waals surface area contributed by atoms with Gasteiger partial charge in [-0.15, -0.1) is 0 Å². The normalized spacial score (nSPS) is 11.7. The second-order valence-electron chi connectivity index (χ2n) is 6.19. The molecule has 1 rings (SSSR count). The molecule has 0 radical (unpaired) electrons. The van der Waals surface area contributed by atoms with Crippen LogP contribution in [-0.2, 0) is 11.2 Å². The zero-order valence-electron chi connectivity index (χ0n) is 12.4. The third-order valence-electron chi connectivity index (χ3n) is 3.35. The second-order valence-corrected chi connectivity index (χ2v) is 6.19. The van der Waals surface area contributed by atoms with Crippen LogP contribution in [-0.4, -0.2) is 18.4 Å². The van der Waals surface area contributed by atoms with Gasteiger partial charge in [0.25, 0.3) is 0 Å². The molecule has 1 aromatic rings. The Morgan fingerprint density at radius 2 is 1.67 bits per heavy atom. The highest BCUT2D eigenvalue weighted by atomic mass is 16.1. The molecule has 0 bridgehead atoms. The lowest BCUT2D eigenvalue weighted by Gasteiger charge is -2.34. The molecular formula is C16H25NO. The third-order valence-corrected chi connectivity index (χ3v) is 3.35. The van der Waals surface area contributed by atoms with Crippen LogP contribution in [0.3, 0.4) is 0 Å². The molecule has 0 amide bonds. The average molecular weight is 247 g/mol. The van der Waals surface area contributed by atoms with E-state index in [1.165, 1.54) is 5.69 Å². The molecule has 1 aromatic carbocycles. The first-order valence-corrected chi connectivity index (χ1v) is 6.57. The van der Waals surface area contributed by atoms with E-state index in [4.69, 9.17) is 0 Å². The molecule has 2 nitrogen and oxygen atoms in total. The fourth-order valence-electron chi connectivity index (χ4n) is 1.63. The number of nitrogens with zero attached hydrogens (tertiary/aromatic N) is 1. The summed E-state index contributed by atoms with van der Waals surface area (Å²) in [6.07, 6.45) is 0.539. The van der Waals surface area contributed by atoms with Crippen LogP contribution in [0.2, 0.25) is 0 Å². The minimum Gasteiger partial charge on any atom is -0.370 e. The Labute approximate surface area is 111 Å². The molecular weight excluding hydrogens is 222 g/mol. The highest BCUT2D eigenvalue weighted by Crippen LogP contribution is 2.22. The molecule has 0 N–H and O–H groups in total. The topological polar surface area (TPSA) is 20.3 Å². The smallest absolute Gasteiger partial charge is 0.139 e. The Morgan fingerprint density at radius 3 is 2.06 bits per heavy atom. The number of hydrogen-bond acceptors (Lipinski definition) is 2. The maximum Gasteiger partial charge on any atom is 0.139 e. The van der Waals surface area contributed by atoms with Crippen molar-refractivity contribution in [3.05, 3.63) is 29.8 Å². The van der Waals surface area contributed by atoms with Gasteiger partial charge in [0.1, 0.15) is 5.78 Å². The Morgan fingerprint density at radius 1 is 1.17 bits per heavy atom. The van der Waals surface area contributed by atoms with Gasteiger partial charge in [0.15, 0.2) is 0 Å². The van der Waals surface area contributed by atoms with Gasteiger partial charge in [-0.1, -0.05) is 26.0 Å². The summed E-state index contributed by atoms with van der Waals surface area (Å²) in [6.45, 7) is 10.4. The standard InChI is InChI=1S/C16H25NO/c1-12(2)15(18)11-13-7-9-14(10-8-13)17(6)16(3,4)5/h7-10,12H,11H2,1-6H3. The van der Waals surface area contributed by atoms with Gasteiger partial charge in [-0.25, -0.2) is 0 Å². The van der Waals surface area contributed by atoms with E-state index in [9.17, 15) is 4.79 Å². The molecule has 2 heteroatoms. The Kier molecular flexibility index (Phi) is 4.55. The summed E-state index contributed by atoms with van der Waals surface area (Å²) < 4.78 is 0. The van der Waals surface area contributed by atoms with Crippen LogP contribution in [0.25, 0.3) is 0 Å². The Balaban J connectivity index is 2.78. The number of ketones is 1. The molecule has 0 spiro atoms. The summed E-state index contributed by atoms with van der Waals surface area (Å²) in [5.41, 5.74) is 2.39. The number of Topliss-reactive ketones (excluding diaryl/α,β-unsaturated/α-hetero) is 1. The van der Waals surface area contributed by atoms with E-state index < -0.39 is 0 Å². The summed E-state index contributed by atoms with van der Waals surface area (Å²) in [5.74, 6) is 0.411. The molecule has 0 aliphatic rings. The lowest BCUT2D eigenvalue weighted by atomic mass is 10.00. The van der Waals surface area contributed by atoms with Gasteiger partial charge in [-0.3, -0.25) is 4.79 Å². The Hall–Kier alpha value is -1.31. The first-order chi connectivity index (χ1) is 8.21. The lowest BCUT2D eigenvalue weighted by Crippen LogP contribution is -2.37. The van der Waals surface area contributed by atoms with Crippen molar-refractivity contribution >= 4 is 11.5 Å². The first kappa shape index (κ1) is 14.7. The predicted octanol–water partition coefficient (Wildman–Crippen LogP) is 3.69. The molecule has 0 fully saturated rings. The van der Waals surface area contributed by atoms with E-state index in [2.05, 4.69) is 57.0 Å². The van der Waals surface area contributed by atoms with E-state index >= 15 is 0 Å². The lowest BCUT2D eigenvalue weighted by molar-refractivity contribution is -0.121. The molecule has 0 saturated carbocycles. The number of anilines is 1. The fourth-order valence-corrected chi connectivity index (χ4v) is 1.63. The summed E-state index contributed by atoms with van der Waals surface area (Å²) in [7, 11) is 2.09. The quantitative estimate of drug-likeness (QED) is 0.808. The van der Waals surface area contributed by atoms with Crippen molar-refractivity contribution in [2.45, 2.75) is 46.6 Å². The van der Waals surface area contributed by atoms with Crippen LogP contribution in [0, 0.1) is 5.92 Å². The summed E-state index contributed by atoms with van der Waals surface area (Å²) >= 11 is 0. The van der Waals surface area contributed by atoms with Gasteiger partial charge >= 0.3 is 0 Å². The van der Waals surface area contributed by atoms with Crippen molar-refractivity contribution in [2.75, 3.05) is 11.9 Å². The van der Waals surface area contributed by atoms with Gasteiger partial charge in [0, 0.05) is 30.6 Å². The molecule has 0 unspecified atom stereocenters. The first-order valence-electron chi connectivity index (χ1n) is 6.57. The van der Waals surface area contributed by atoms with Crippen LogP contribution in [0.4, 0.5) is 5.69 Å². The van der Waals surface area contributed by atoms with Crippen LogP contribution >= 0.6 is 0 Å². The second kappa shape index (κ2) is 5.55. The Bertz CT molecular complexity index is 398. The van der Waals surface area contributed by atoms with Crippen molar-refractivity contribution in [3.8, 4) is 0 Å². The average Bonchev–Trinajstić information content (AvgIpc) is 2.27. The SMILES string of the molecule is CC(C)C(=O)Cc1ccc(N(C)C(C)(C)C)cc1. The molecule has 0 heterocycles. The van der Waals surface area contributed by atoms with Crippen LogP contribution in [0.5, 0.6) is 0 Å². The maximum absolute atomic E-state index is 11.7. The van der Waals surface area contributed by atoms with Crippen molar-refractivity contribution in [1.82, 2.24) is 0 Å². The largest absolute Gasteiger partial charge is 0.370 e. The highest BCUT2D eigenvalue weighted by Gasteiger charge is 2.17. The van der Waals surface area contributed by atoms with Crippen LogP contribution in [0.15, 0.2) is 24.3 Å². The van der Waals surface area contributed by atoms with E-state index in [0.717, 1.165) is 5.56 Å². The van der Waals surface area contributed by atoms with Gasteiger partial charge < -0.3 is 4.90 Å². The monoisotopic (exact) mass is 247 g/mol. The molecule has 0 aromatic heterocycles. The minimum absolute atomic E-state index is 0.106. The molecule has 0 atom stereocenters. The van der Waals surface area contributed by atoms with Crippen molar-refractivity contribution in [2.24, 2.45) is 5.92 Å². The van der Waals surface area contributed by atoms with E-state index in [1.54, 1.807) is 0 Å². The highest BCUT2D eigenvalue weighted by molar-refractivity contribution is 5.82. The number of carbonyl (C=O) groups is 1. The van der Waals surface area contributed by atoms with Gasteiger partial charge in [0.2, 0.25) is 0 Å². The zero-order chi connectivity index (χ0) is 13.9. The number of benzene rings is 1. The van der Waals surface area contributed by atoms with Crippen molar-refractivity contribution in [3.63, 3.8) is 0 Å². The molecule has 0 aliphatic carbocycles. The summed E-state index contributed by atoms with van der Waals surface area (Å²) in [6, 6.07) is 8.29. The molecule has 100 valence electrons. The zero-order valence-corrected chi connectivity index (χ0v) is 12.4. The summed E-state index contributed by atoms with van der Waals surface area (Å²) in [4.78, 5) is 13.9. The summed E-state index contributed by atoms with van der Waals surface area (Å²) in [5, 5.41) is 0. The van der Waals surface area contributed by atoms with E-state index in [1.807, 2.05) is 13.8 Å². The van der Waals surface area contributed by atoms with Crippen molar-refractivity contribution < 1.29 is 4.79 Å². The third kappa shape index (κ3) is 3.86. The fraction of sp³-hybridized carbons (Fsp3) is 0.562. The number of rotatable bonds is 4. The van der Waals surface area contributed by atoms with Crippen LogP contribution in [0.1, 0.15) is 40.2 Å². The predicted molar refractivity (Wildman–Crippen MR) is 78.1 cm³/mol.